The predicted molar refractivity (Wildman–Crippen MR) is 69.6 cm³/mol. The van der Waals surface area contributed by atoms with Gasteiger partial charge in [0.05, 0.1) is 0 Å². The molecular formula is C13H17N5. The lowest BCUT2D eigenvalue weighted by Gasteiger charge is -2.11. The van der Waals surface area contributed by atoms with Gasteiger partial charge in [0.25, 0.3) is 0 Å². The molecule has 0 spiro atoms. The van der Waals surface area contributed by atoms with Gasteiger partial charge in [0.1, 0.15) is 0 Å². The summed E-state index contributed by atoms with van der Waals surface area (Å²) in [6.07, 6.45) is 2.68. The quantitative estimate of drug-likeness (QED) is 0.833. The second-order valence-electron chi connectivity index (χ2n) is 5.09. The monoisotopic (exact) mass is 243 g/mol. The molecule has 1 unspecified atom stereocenters. The summed E-state index contributed by atoms with van der Waals surface area (Å²) in [6.45, 7) is 3.12. The number of aromatic nitrogens is 4. The molecule has 1 aromatic heterocycles. The fourth-order valence-electron chi connectivity index (χ4n) is 2.31. The molecule has 1 aromatic carbocycles. The highest BCUT2D eigenvalue weighted by Crippen LogP contribution is 2.37. The molecule has 1 fully saturated rings. The highest BCUT2D eigenvalue weighted by Gasteiger charge is 2.29. The summed E-state index contributed by atoms with van der Waals surface area (Å²) in [5.41, 5.74) is 7.60. The van der Waals surface area contributed by atoms with Gasteiger partial charge in [-0.05, 0) is 47.2 Å². The molecule has 94 valence electrons. The molecule has 0 bridgehead atoms. The van der Waals surface area contributed by atoms with Gasteiger partial charge < -0.3 is 5.73 Å². The van der Waals surface area contributed by atoms with E-state index in [4.69, 9.17) is 5.73 Å². The van der Waals surface area contributed by atoms with Crippen LogP contribution in [-0.4, -0.2) is 20.2 Å². The molecule has 5 nitrogen and oxygen atoms in total. The number of para-hydroxylation sites is 1. The molecule has 0 aliphatic heterocycles. The highest BCUT2D eigenvalue weighted by molar-refractivity contribution is 5.70. The molecule has 2 N–H and O–H groups in total. The van der Waals surface area contributed by atoms with Gasteiger partial charge in [-0.25, -0.2) is 4.68 Å². The zero-order chi connectivity index (χ0) is 12.5. The normalized spacial score (nSPS) is 16.7. The number of tetrazole rings is 1. The Hall–Kier alpha value is -1.91. The lowest BCUT2D eigenvalue weighted by molar-refractivity contribution is 0.402. The smallest absolute Gasteiger partial charge is 0.184 e. The lowest BCUT2D eigenvalue weighted by atomic mass is 10.1. The summed E-state index contributed by atoms with van der Waals surface area (Å²) in [5.74, 6) is 2.23. The van der Waals surface area contributed by atoms with Gasteiger partial charge in [-0.15, -0.1) is 5.10 Å². The van der Waals surface area contributed by atoms with E-state index in [1.807, 2.05) is 28.9 Å². The van der Waals surface area contributed by atoms with Crippen molar-refractivity contribution in [3.05, 3.63) is 24.3 Å². The first kappa shape index (κ1) is 11.2. The average molecular weight is 243 g/mol. The summed E-state index contributed by atoms with van der Waals surface area (Å²) in [4.78, 5) is 0. The van der Waals surface area contributed by atoms with E-state index in [0.717, 1.165) is 23.9 Å². The predicted octanol–water partition coefficient (Wildman–Crippen LogP) is 1.97. The Bertz CT molecular complexity index is 544. The third-order valence-electron chi connectivity index (χ3n) is 3.62. The fourth-order valence-corrected chi connectivity index (χ4v) is 2.31. The topological polar surface area (TPSA) is 69.6 Å². The van der Waals surface area contributed by atoms with Crippen molar-refractivity contribution in [1.82, 2.24) is 20.2 Å². The van der Waals surface area contributed by atoms with Crippen molar-refractivity contribution in [2.45, 2.75) is 26.3 Å². The van der Waals surface area contributed by atoms with Crippen molar-refractivity contribution < 1.29 is 0 Å². The van der Waals surface area contributed by atoms with Crippen LogP contribution in [0.1, 0.15) is 19.8 Å². The zero-order valence-electron chi connectivity index (χ0n) is 10.5. The zero-order valence-corrected chi connectivity index (χ0v) is 10.5. The minimum atomic E-state index is 0.622. The number of nitrogens with two attached hydrogens (primary N) is 1. The summed E-state index contributed by atoms with van der Waals surface area (Å²) in [7, 11) is 0. The van der Waals surface area contributed by atoms with E-state index in [1.54, 1.807) is 0 Å². The second-order valence-corrected chi connectivity index (χ2v) is 5.09. The molecule has 3 rings (SSSR count). The van der Waals surface area contributed by atoms with Gasteiger partial charge in [0, 0.05) is 17.8 Å². The summed E-state index contributed by atoms with van der Waals surface area (Å²) < 4.78 is 1.87. The highest BCUT2D eigenvalue weighted by atomic mass is 15.5. The van der Waals surface area contributed by atoms with Crippen molar-refractivity contribution in [3.8, 4) is 11.4 Å². The lowest BCUT2D eigenvalue weighted by Crippen LogP contribution is -2.12. The van der Waals surface area contributed by atoms with Gasteiger partial charge in [0.15, 0.2) is 5.82 Å². The Morgan fingerprint density at radius 2 is 2.17 bits per heavy atom. The summed E-state index contributed by atoms with van der Waals surface area (Å²) >= 11 is 0. The third-order valence-corrected chi connectivity index (χ3v) is 3.62. The van der Waals surface area contributed by atoms with Gasteiger partial charge in [-0.3, -0.25) is 0 Å². The Balaban J connectivity index is 1.89. The first-order chi connectivity index (χ1) is 8.75. The standard InChI is InChI=1S/C13H17N5/c1-9(10-6-7-10)8-18-13(15-16-17-18)11-4-2-3-5-12(11)14/h2-5,9-10H,6-8,14H2,1H3. The number of anilines is 1. The van der Waals surface area contributed by atoms with Crippen LogP contribution < -0.4 is 5.73 Å². The van der Waals surface area contributed by atoms with E-state index < -0.39 is 0 Å². The van der Waals surface area contributed by atoms with Crippen LogP contribution in [0.4, 0.5) is 5.69 Å². The molecule has 1 saturated carbocycles. The van der Waals surface area contributed by atoms with Gasteiger partial charge >= 0.3 is 0 Å². The molecule has 18 heavy (non-hydrogen) atoms. The second kappa shape index (κ2) is 4.40. The fraction of sp³-hybridized carbons (Fsp3) is 0.462. The number of nitrogens with zero attached hydrogens (tertiary/aromatic N) is 4. The molecule has 1 aliphatic carbocycles. The van der Waals surface area contributed by atoms with E-state index in [9.17, 15) is 0 Å². The van der Waals surface area contributed by atoms with E-state index in [0.29, 0.717) is 11.6 Å². The number of nitrogen functional groups attached to an aromatic ring is 1. The maximum absolute atomic E-state index is 5.97. The van der Waals surface area contributed by atoms with Crippen LogP contribution in [0.25, 0.3) is 11.4 Å². The van der Waals surface area contributed by atoms with Crippen LogP contribution >= 0.6 is 0 Å². The molecule has 0 saturated heterocycles. The molecule has 1 atom stereocenters. The Labute approximate surface area is 106 Å². The van der Waals surface area contributed by atoms with Crippen molar-refractivity contribution in [1.29, 1.82) is 0 Å². The molecule has 5 heteroatoms. The van der Waals surface area contributed by atoms with E-state index in [2.05, 4.69) is 22.4 Å². The Morgan fingerprint density at radius 1 is 1.39 bits per heavy atom. The Kier molecular flexibility index (Phi) is 2.74. The number of rotatable bonds is 4. The minimum absolute atomic E-state index is 0.622. The maximum Gasteiger partial charge on any atom is 0.184 e. The van der Waals surface area contributed by atoms with Crippen molar-refractivity contribution in [2.75, 3.05) is 5.73 Å². The van der Waals surface area contributed by atoms with Crippen molar-refractivity contribution in [2.24, 2.45) is 11.8 Å². The molecule has 2 aromatic rings. The van der Waals surface area contributed by atoms with Crippen LogP contribution in [-0.2, 0) is 6.54 Å². The van der Waals surface area contributed by atoms with Crippen molar-refractivity contribution in [3.63, 3.8) is 0 Å². The van der Waals surface area contributed by atoms with Crippen LogP contribution in [0.15, 0.2) is 24.3 Å². The Morgan fingerprint density at radius 3 is 2.89 bits per heavy atom. The van der Waals surface area contributed by atoms with E-state index in [-0.39, 0.29) is 0 Å². The van der Waals surface area contributed by atoms with Crippen LogP contribution in [0.2, 0.25) is 0 Å². The van der Waals surface area contributed by atoms with Gasteiger partial charge in [-0.2, -0.15) is 0 Å². The molecular weight excluding hydrogens is 226 g/mol. The summed E-state index contributed by atoms with van der Waals surface area (Å²) in [6, 6.07) is 7.70. The number of benzene rings is 1. The van der Waals surface area contributed by atoms with Gasteiger partial charge in [-0.1, -0.05) is 19.1 Å². The first-order valence-corrected chi connectivity index (χ1v) is 6.36. The SMILES string of the molecule is CC(Cn1nnnc1-c1ccccc1N)C1CC1. The van der Waals surface area contributed by atoms with Crippen LogP contribution in [0.3, 0.4) is 0 Å². The summed E-state index contributed by atoms with van der Waals surface area (Å²) in [5, 5.41) is 12.0. The largest absolute Gasteiger partial charge is 0.398 e. The molecule has 1 heterocycles. The first-order valence-electron chi connectivity index (χ1n) is 6.36. The van der Waals surface area contributed by atoms with Crippen LogP contribution in [0.5, 0.6) is 0 Å². The van der Waals surface area contributed by atoms with E-state index >= 15 is 0 Å². The molecule has 0 amide bonds. The van der Waals surface area contributed by atoms with Crippen LogP contribution in [0, 0.1) is 11.8 Å². The number of hydrogen-bond acceptors (Lipinski definition) is 4. The average Bonchev–Trinajstić information content (AvgIpc) is 3.12. The van der Waals surface area contributed by atoms with Crippen molar-refractivity contribution >= 4 is 5.69 Å². The molecule has 0 radical (unpaired) electrons. The third kappa shape index (κ3) is 2.08. The maximum atomic E-state index is 5.97. The van der Waals surface area contributed by atoms with E-state index in [1.165, 1.54) is 12.8 Å². The number of hydrogen-bond donors (Lipinski definition) is 1. The van der Waals surface area contributed by atoms with Gasteiger partial charge in [0.2, 0.25) is 0 Å². The minimum Gasteiger partial charge on any atom is -0.398 e. The molecule has 1 aliphatic rings.